The summed E-state index contributed by atoms with van der Waals surface area (Å²) >= 11 is 1.78. The number of aromatic nitrogens is 1. The Hall–Kier alpha value is -1.15. The average Bonchev–Trinajstić information content (AvgIpc) is 2.88. The van der Waals surface area contributed by atoms with E-state index >= 15 is 0 Å². The van der Waals surface area contributed by atoms with Gasteiger partial charge in [-0.1, -0.05) is 30.3 Å². The highest BCUT2D eigenvalue weighted by atomic mass is 32.1. The lowest BCUT2D eigenvalue weighted by Gasteiger charge is -2.12. The van der Waals surface area contributed by atoms with Gasteiger partial charge in [-0.3, -0.25) is 4.98 Å². The van der Waals surface area contributed by atoms with Gasteiger partial charge in [0.25, 0.3) is 0 Å². The zero-order valence-corrected chi connectivity index (χ0v) is 8.63. The van der Waals surface area contributed by atoms with Crippen LogP contribution in [0.5, 0.6) is 0 Å². The molecule has 1 fully saturated rings. The van der Waals surface area contributed by atoms with Crippen LogP contribution >= 0.6 is 11.3 Å². The Labute approximate surface area is 87.4 Å². The fourth-order valence-electron chi connectivity index (χ4n) is 2.01. The molecule has 2 aromatic rings. The van der Waals surface area contributed by atoms with Crippen molar-refractivity contribution in [3.8, 4) is 0 Å². The summed E-state index contributed by atoms with van der Waals surface area (Å²) in [5, 5.41) is 0. The first-order valence-electron chi connectivity index (χ1n) is 4.86. The molecule has 2 heteroatoms. The molecule has 0 atom stereocenters. The minimum absolute atomic E-state index is 0.322. The monoisotopic (exact) mass is 201 g/mol. The normalized spacial score (nSPS) is 18.0. The maximum absolute atomic E-state index is 4.17. The van der Waals surface area contributed by atoms with Gasteiger partial charge in [0.2, 0.25) is 0 Å². The molecule has 1 aromatic heterocycles. The van der Waals surface area contributed by atoms with Crippen LogP contribution in [0, 0.1) is 0 Å². The summed E-state index contributed by atoms with van der Waals surface area (Å²) in [5.74, 6) is 0. The number of hydrogen-bond acceptors (Lipinski definition) is 2. The highest BCUT2D eigenvalue weighted by Crippen LogP contribution is 2.54. The minimum Gasteiger partial charge on any atom is -0.253 e. The van der Waals surface area contributed by atoms with E-state index in [-0.39, 0.29) is 0 Å². The van der Waals surface area contributed by atoms with Crippen molar-refractivity contribution in [2.45, 2.75) is 18.3 Å². The van der Waals surface area contributed by atoms with Crippen LogP contribution in [0.4, 0.5) is 0 Å². The molecule has 0 amide bonds. The van der Waals surface area contributed by atoms with Crippen LogP contribution in [0.1, 0.15) is 23.3 Å². The van der Waals surface area contributed by atoms with Gasteiger partial charge in [-0.15, -0.1) is 11.3 Å². The Kier molecular flexibility index (Phi) is 1.71. The molecule has 1 heterocycles. The third-order valence-corrected chi connectivity index (χ3v) is 3.96. The van der Waals surface area contributed by atoms with Crippen molar-refractivity contribution in [3.05, 3.63) is 52.5 Å². The largest absolute Gasteiger partial charge is 0.253 e. The van der Waals surface area contributed by atoms with Crippen molar-refractivity contribution in [3.63, 3.8) is 0 Å². The molecule has 0 bridgehead atoms. The lowest BCUT2D eigenvalue weighted by Crippen LogP contribution is -2.05. The molecule has 0 saturated heterocycles. The molecular formula is C12H11NS. The maximum atomic E-state index is 4.17. The molecule has 1 aliphatic rings. The van der Waals surface area contributed by atoms with Crippen LogP contribution in [-0.2, 0) is 5.41 Å². The maximum Gasteiger partial charge on any atom is 0.0794 e. The minimum atomic E-state index is 0.322. The number of thiazole rings is 1. The summed E-state index contributed by atoms with van der Waals surface area (Å²) in [6.07, 6.45) is 4.57. The molecule has 1 aromatic carbocycles. The van der Waals surface area contributed by atoms with Crippen LogP contribution in [0.2, 0.25) is 0 Å². The molecule has 14 heavy (non-hydrogen) atoms. The first-order valence-corrected chi connectivity index (χ1v) is 5.74. The van der Waals surface area contributed by atoms with Crippen molar-refractivity contribution in [1.29, 1.82) is 0 Å². The second-order valence-electron chi connectivity index (χ2n) is 3.81. The number of benzene rings is 1. The molecule has 0 radical (unpaired) electrons. The van der Waals surface area contributed by atoms with E-state index in [1.165, 1.54) is 23.3 Å². The average molecular weight is 201 g/mol. The standard InChI is InChI=1S/C12H11NS/c1-2-4-10(5-3-1)12(6-7-12)11-8-13-9-14-11/h1-5,8-9H,6-7H2. The highest BCUT2D eigenvalue weighted by Gasteiger charge is 2.46. The van der Waals surface area contributed by atoms with Crippen molar-refractivity contribution in [2.24, 2.45) is 0 Å². The summed E-state index contributed by atoms with van der Waals surface area (Å²) in [6.45, 7) is 0. The van der Waals surface area contributed by atoms with E-state index in [9.17, 15) is 0 Å². The fraction of sp³-hybridized carbons (Fsp3) is 0.250. The topological polar surface area (TPSA) is 12.9 Å². The van der Waals surface area contributed by atoms with E-state index in [2.05, 4.69) is 35.3 Å². The van der Waals surface area contributed by atoms with Gasteiger partial charge in [0.1, 0.15) is 0 Å². The zero-order chi connectivity index (χ0) is 9.43. The SMILES string of the molecule is c1ccc(C2(c3cncs3)CC2)cc1. The summed E-state index contributed by atoms with van der Waals surface area (Å²) in [5.41, 5.74) is 3.70. The second-order valence-corrected chi connectivity index (χ2v) is 4.70. The summed E-state index contributed by atoms with van der Waals surface area (Å²) in [6, 6.07) is 10.8. The van der Waals surface area contributed by atoms with E-state index in [1.54, 1.807) is 11.3 Å². The smallest absolute Gasteiger partial charge is 0.0794 e. The summed E-state index contributed by atoms with van der Waals surface area (Å²) < 4.78 is 0. The summed E-state index contributed by atoms with van der Waals surface area (Å²) in [7, 11) is 0. The van der Waals surface area contributed by atoms with E-state index in [4.69, 9.17) is 0 Å². The van der Waals surface area contributed by atoms with Gasteiger partial charge in [-0.2, -0.15) is 0 Å². The van der Waals surface area contributed by atoms with Crippen LogP contribution in [0.15, 0.2) is 42.0 Å². The predicted molar refractivity (Wildman–Crippen MR) is 58.6 cm³/mol. The Morgan fingerprint density at radius 2 is 1.93 bits per heavy atom. The molecule has 0 unspecified atom stereocenters. The van der Waals surface area contributed by atoms with Crippen LogP contribution < -0.4 is 0 Å². The molecule has 0 N–H and O–H groups in total. The fourth-order valence-corrected chi connectivity index (χ4v) is 2.92. The molecular weight excluding hydrogens is 190 g/mol. The zero-order valence-electron chi connectivity index (χ0n) is 7.81. The van der Waals surface area contributed by atoms with E-state index in [1.807, 2.05) is 11.7 Å². The van der Waals surface area contributed by atoms with Crippen molar-refractivity contribution in [2.75, 3.05) is 0 Å². The van der Waals surface area contributed by atoms with Gasteiger partial charge in [0.05, 0.1) is 5.51 Å². The van der Waals surface area contributed by atoms with Gasteiger partial charge in [-0.25, -0.2) is 0 Å². The van der Waals surface area contributed by atoms with Gasteiger partial charge in [0.15, 0.2) is 0 Å². The molecule has 0 spiro atoms. The quantitative estimate of drug-likeness (QED) is 0.727. The van der Waals surface area contributed by atoms with Gasteiger partial charge >= 0.3 is 0 Å². The van der Waals surface area contributed by atoms with Crippen LogP contribution in [-0.4, -0.2) is 4.98 Å². The van der Waals surface area contributed by atoms with Crippen LogP contribution in [0.3, 0.4) is 0 Å². The van der Waals surface area contributed by atoms with E-state index in [0.29, 0.717) is 5.41 Å². The lowest BCUT2D eigenvalue weighted by atomic mass is 9.95. The predicted octanol–water partition coefficient (Wildman–Crippen LogP) is 3.22. The third-order valence-electron chi connectivity index (χ3n) is 2.98. The molecule has 70 valence electrons. The Bertz CT molecular complexity index is 415. The molecule has 0 aliphatic heterocycles. The molecule has 1 saturated carbocycles. The first kappa shape index (κ1) is 8.18. The number of rotatable bonds is 2. The Morgan fingerprint density at radius 3 is 2.50 bits per heavy atom. The molecule has 3 rings (SSSR count). The highest BCUT2D eigenvalue weighted by molar-refractivity contribution is 7.09. The van der Waals surface area contributed by atoms with E-state index in [0.717, 1.165) is 0 Å². The number of hydrogen-bond donors (Lipinski definition) is 0. The van der Waals surface area contributed by atoms with Crippen LogP contribution in [0.25, 0.3) is 0 Å². The molecule has 1 aliphatic carbocycles. The van der Waals surface area contributed by atoms with Crippen molar-refractivity contribution in [1.82, 2.24) is 4.98 Å². The molecule has 1 nitrogen and oxygen atoms in total. The van der Waals surface area contributed by atoms with Crippen molar-refractivity contribution < 1.29 is 0 Å². The first-order chi connectivity index (χ1) is 6.92. The Balaban J connectivity index is 2.07. The Morgan fingerprint density at radius 1 is 1.14 bits per heavy atom. The number of nitrogens with zero attached hydrogens (tertiary/aromatic N) is 1. The van der Waals surface area contributed by atoms with Gasteiger partial charge in [0, 0.05) is 16.5 Å². The van der Waals surface area contributed by atoms with E-state index < -0.39 is 0 Å². The lowest BCUT2D eigenvalue weighted by molar-refractivity contribution is 0.867. The third kappa shape index (κ3) is 1.11. The van der Waals surface area contributed by atoms with Crippen molar-refractivity contribution >= 4 is 11.3 Å². The second kappa shape index (κ2) is 2.92. The summed E-state index contributed by atoms with van der Waals surface area (Å²) in [4.78, 5) is 5.59. The van der Waals surface area contributed by atoms with Gasteiger partial charge < -0.3 is 0 Å². The van der Waals surface area contributed by atoms with Gasteiger partial charge in [-0.05, 0) is 18.4 Å².